The Morgan fingerprint density at radius 1 is 1.21 bits per heavy atom. The minimum Gasteiger partial charge on any atom is -0.482 e. The Balaban J connectivity index is 1.66. The predicted octanol–water partition coefficient (Wildman–Crippen LogP) is 3.45. The number of benzene rings is 2. The van der Waals surface area contributed by atoms with Gasteiger partial charge in [-0.15, -0.1) is 0 Å². The van der Waals surface area contributed by atoms with Gasteiger partial charge in [0.25, 0.3) is 5.91 Å². The fourth-order valence-corrected chi connectivity index (χ4v) is 2.96. The van der Waals surface area contributed by atoms with E-state index < -0.39 is 4.92 Å². The monoisotopic (exact) mass is 394 g/mol. The zero-order chi connectivity index (χ0) is 21.0. The van der Waals surface area contributed by atoms with Gasteiger partial charge in [-0.3, -0.25) is 19.6 Å². The van der Waals surface area contributed by atoms with Crippen LogP contribution in [0.1, 0.15) is 32.9 Å². The standard InChI is InChI=1S/C21H22N4O4/c1-14-7-8-20(19(9-14)25(27)28)29-13-16-5-4-6-17(11-16)21(26)22-12-18-10-15(2)23-24(18)3/h4-11H,12-13H2,1-3H3,(H,22,26). The molecule has 1 aromatic heterocycles. The van der Waals surface area contributed by atoms with E-state index in [1.54, 1.807) is 48.0 Å². The minimum absolute atomic E-state index is 0.0784. The summed E-state index contributed by atoms with van der Waals surface area (Å²) in [5.41, 5.74) is 3.73. The molecule has 0 saturated carbocycles. The molecule has 0 fully saturated rings. The number of nitrogens with one attached hydrogen (secondary N) is 1. The Bertz CT molecular complexity index is 1060. The molecule has 1 N–H and O–H groups in total. The second-order valence-electron chi connectivity index (χ2n) is 6.80. The number of aromatic nitrogens is 2. The Hall–Kier alpha value is -3.68. The van der Waals surface area contributed by atoms with Crippen molar-refractivity contribution in [1.29, 1.82) is 0 Å². The Labute approximate surface area is 168 Å². The lowest BCUT2D eigenvalue weighted by molar-refractivity contribution is -0.386. The normalized spacial score (nSPS) is 10.6. The maximum absolute atomic E-state index is 12.5. The van der Waals surface area contributed by atoms with E-state index in [-0.39, 0.29) is 24.0 Å². The summed E-state index contributed by atoms with van der Waals surface area (Å²) in [5.74, 6) is -0.0194. The first-order valence-corrected chi connectivity index (χ1v) is 9.08. The van der Waals surface area contributed by atoms with Crippen molar-refractivity contribution in [3.63, 3.8) is 0 Å². The third-order valence-corrected chi connectivity index (χ3v) is 4.42. The lowest BCUT2D eigenvalue weighted by Crippen LogP contribution is -2.24. The van der Waals surface area contributed by atoms with Gasteiger partial charge < -0.3 is 10.1 Å². The van der Waals surface area contributed by atoms with Crippen molar-refractivity contribution < 1.29 is 14.5 Å². The van der Waals surface area contributed by atoms with Gasteiger partial charge in [-0.25, -0.2) is 0 Å². The summed E-state index contributed by atoms with van der Waals surface area (Å²) in [7, 11) is 1.83. The molecule has 1 heterocycles. The SMILES string of the molecule is Cc1ccc(OCc2cccc(C(=O)NCc3cc(C)nn3C)c2)c([N+](=O)[O-])c1. The maximum Gasteiger partial charge on any atom is 0.311 e. The molecule has 3 rings (SSSR count). The highest BCUT2D eigenvalue weighted by molar-refractivity contribution is 5.94. The topological polar surface area (TPSA) is 99.3 Å². The van der Waals surface area contributed by atoms with Crippen LogP contribution in [0.2, 0.25) is 0 Å². The second kappa shape index (κ2) is 8.55. The molecular weight excluding hydrogens is 372 g/mol. The van der Waals surface area contributed by atoms with E-state index in [2.05, 4.69) is 10.4 Å². The van der Waals surface area contributed by atoms with Gasteiger partial charge in [-0.05, 0) is 49.2 Å². The van der Waals surface area contributed by atoms with Crippen molar-refractivity contribution in [2.75, 3.05) is 0 Å². The highest BCUT2D eigenvalue weighted by atomic mass is 16.6. The van der Waals surface area contributed by atoms with E-state index in [0.29, 0.717) is 12.1 Å². The van der Waals surface area contributed by atoms with Crippen LogP contribution < -0.4 is 10.1 Å². The minimum atomic E-state index is -0.466. The molecule has 2 aromatic carbocycles. The fraction of sp³-hybridized carbons (Fsp3) is 0.238. The smallest absolute Gasteiger partial charge is 0.311 e. The highest BCUT2D eigenvalue weighted by Crippen LogP contribution is 2.28. The molecule has 0 aliphatic heterocycles. The number of nitro groups is 1. The van der Waals surface area contributed by atoms with E-state index in [9.17, 15) is 14.9 Å². The largest absolute Gasteiger partial charge is 0.482 e. The average Bonchev–Trinajstić information content (AvgIpc) is 3.02. The molecule has 8 nitrogen and oxygen atoms in total. The molecule has 0 unspecified atom stereocenters. The van der Waals surface area contributed by atoms with Gasteiger partial charge in [0, 0.05) is 18.7 Å². The molecular formula is C21H22N4O4. The van der Waals surface area contributed by atoms with E-state index in [1.807, 2.05) is 20.0 Å². The summed E-state index contributed by atoms with van der Waals surface area (Å²) in [6, 6.07) is 13.7. The molecule has 0 radical (unpaired) electrons. The molecule has 1 amide bonds. The number of hydrogen-bond donors (Lipinski definition) is 1. The summed E-state index contributed by atoms with van der Waals surface area (Å²) < 4.78 is 7.37. The quantitative estimate of drug-likeness (QED) is 0.489. The van der Waals surface area contributed by atoms with Crippen LogP contribution in [-0.2, 0) is 20.2 Å². The summed E-state index contributed by atoms with van der Waals surface area (Å²) in [5, 5.41) is 18.3. The third kappa shape index (κ3) is 4.98. The van der Waals surface area contributed by atoms with Crippen molar-refractivity contribution in [2.24, 2.45) is 7.05 Å². The summed E-state index contributed by atoms with van der Waals surface area (Å²) in [6.45, 7) is 4.16. The third-order valence-electron chi connectivity index (χ3n) is 4.42. The summed E-state index contributed by atoms with van der Waals surface area (Å²) >= 11 is 0. The van der Waals surface area contributed by atoms with Gasteiger partial charge in [-0.1, -0.05) is 18.2 Å². The van der Waals surface area contributed by atoms with Crippen molar-refractivity contribution >= 4 is 11.6 Å². The van der Waals surface area contributed by atoms with Gasteiger partial charge in [0.2, 0.25) is 0 Å². The van der Waals surface area contributed by atoms with Crippen molar-refractivity contribution in [3.05, 3.63) is 86.7 Å². The van der Waals surface area contributed by atoms with Crippen LogP contribution in [0.25, 0.3) is 0 Å². The van der Waals surface area contributed by atoms with E-state index in [4.69, 9.17) is 4.74 Å². The Morgan fingerprint density at radius 3 is 2.69 bits per heavy atom. The van der Waals surface area contributed by atoms with Crippen molar-refractivity contribution in [2.45, 2.75) is 27.0 Å². The van der Waals surface area contributed by atoms with Gasteiger partial charge >= 0.3 is 5.69 Å². The fourth-order valence-electron chi connectivity index (χ4n) is 2.96. The molecule has 0 aliphatic carbocycles. The number of amides is 1. The average molecular weight is 394 g/mol. The van der Waals surface area contributed by atoms with Crippen LogP contribution in [0.3, 0.4) is 0 Å². The first-order valence-electron chi connectivity index (χ1n) is 9.08. The van der Waals surface area contributed by atoms with Crippen LogP contribution in [-0.4, -0.2) is 20.6 Å². The van der Waals surface area contributed by atoms with Crippen LogP contribution >= 0.6 is 0 Å². The Morgan fingerprint density at radius 2 is 2.00 bits per heavy atom. The number of nitro benzene ring substituents is 1. The number of carbonyl (C=O) groups excluding carboxylic acids is 1. The number of hydrogen-bond acceptors (Lipinski definition) is 5. The van der Waals surface area contributed by atoms with E-state index in [1.165, 1.54) is 6.07 Å². The van der Waals surface area contributed by atoms with Gasteiger partial charge in [-0.2, -0.15) is 5.10 Å². The molecule has 0 atom stereocenters. The lowest BCUT2D eigenvalue weighted by Gasteiger charge is -2.09. The molecule has 3 aromatic rings. The molecule has 0 aliphatic rings. The summed E-state index contributed by atoms with van der Waals surface area (Å²) in [6.07, 6.45) is 0. The van der Waals surface area contributed by atoms with E-state index >= 15 is 0 Å². The van der Waals surface area contributed by atoms with Gasteiger partial charge in [0.15, 0.2) is 5.75 Å². The van der Waals surface area contributed by atoms with Crippen molar-refractivity contribution in [1.82, 2.24) is 15.1 Å². The number of ether oxygens (including phenoxy) is 1. The van der Waals surface area contributed by atoms with E-state index in [0.717, 1.165) is 22.5 Å². The van der Waals surface area contributed by atoms with Gasteiger partial charge in [0.1, 0.15) is 6.61 Å². The van der Waals surface area contributed by atoms with Crippen LogP contribution in [0.5, 0.6) is 5.75 Å². The number of aryl methyl sites for hydroxylation is 3. The first-order chi connectivity index (χ1) is 13.8. The van der Waals surface area contributed by atoms with Crippen LogP contribution in [0.4, 0.5) is 5.69 Å². The van der Waals surface area contributed by atoms with Crippen LogP contribution in [0, 0.1) is 24.0 Å². The highest BCUT2D eigenvalue weighted by Gasteiger charge is 2.15. The first kappa shape index (κ1) is 20.1. The molecule has 29 heavy (non-hydrogen) atoms. The van der Waals surface area contributed by atoms with Crippen molar-refractivity contribution in [3.8, 4) is 5.75 Å². The molecule has 0 bridgehead atoms. The van der Waals surface area contributed by atoms with Gasteiger partial charge in [0.05, 0.1) is 22.9 Å². The lowest BCUT2D eigenvalue weighted by atomic mass is 10.1. The molecule has 0 spiro atoms. The second-order valence-corrected chi connectivity index (χ2v) is 6.80. The Kier molecular flexibility index (Phi) is 5.92. The molecule has 150 valence electrons. The number of nitrogens with zero attached hydrogens (tertiary/aromatic N) is 3. The zero-order valence-corrected chi connectivity index (χ0v) is 16.5. The predicted molar refractivity (Wildman–Crippen MR) is 108 cm³/mol. The zero-order valence-electron chi connectivity index (χ0n) is 16.5. The number of carbonyl (C=O) groups is 1. The van der Waals surface area contributed by atoms with Crippen LogP contribution in [0.15, 0.2) is 48.5 Å². The number of rotatable bonds is 7. The maximum atomic E-state index is 12.5. The molecule has 8 heteroatoms. The molecule has 0 saturated heterocycles. The summed E-state index contributed by atoms with van der Waals surface area (Å²) in [4.78, 5) is 23.2.